The summed E-state index contributed by atoms with van der Waals surface area (Å²) >= 11 is 0. The highest BCUT2D eigenvalue weighted by Crippen LogP contribution is 2.26. The molecule has 4 aromatic rings. The van der Waals surface area contributed by atoms with Crippen molar-refractivity contribution < 1.29 is 0 Å². The lowest BCUT2D eigenvalue weighted by atomic mass is 10.2. The molecule has 29 heavy (non-hydrogen) atoms. The second-order valence-electron chi connectivity index (χ2n) is 6.84. The number of nitrogens with one attached hydrogen (secondary N) is 1. The summed E-state index contributed by atoms with van der Waals surface area (Å²) in [5.74, 6) is 1.36. The normalized spacial score (nSPS) is 10.7. The monoisotopic (exact) mass is 384 g/mol. The Morgan fingerprint density at radius 1 is 0.931 bits per heavy atom. The van der Waals surface area contributed by atoms with Crippen molar-refractivity contribution in [2.75, 3.05) is 5.32 Å². The summed E-state index contributed by atoms with van der Waals surface area (Å²) in [5.41, 5.74) is 6.12. The first-order valence-electron chi connectivity index (χ1n) is 9.15. The number of aryl methyl sites for hydroxylation is 3. The maximum Gasteiger partial charge on any atom is 0.159 e. The van der Waals surface area contributed by atoms with E-state index in [1.54, 1.807) is 16.8 Å². The van der Waals surface area contributed by atoms with Gasteiger partial charge in [-0.05, 0) is 58.0 Å². The molecule has 0 amide bonds. The van der Waals surface area contributed by atoms with E-state index in [1.165, 1.54) is 6.33 Å². The number of nitrogens with zero attached hydrogens (tertiary/aromatic N) is 7. The number of rotatable bonds is 4. The van der Waals surface area contributed by atoms with Gasteiger partial charge < -0.3 is 5.32 Å². The summed E-state index contributed by atoms with van der Waals surface area (Å²) in [7, 11) is 0. The summed E-state index contributed by atoms with van der Waals surface area (Å²) in [5, 5.41) is 21.5. The van der Waals surface area contributed by atoms with Gasteiger partial charge in [0.15, 0.2) is 5.82 Å². The molecule has 3 aromatic heterocycles. The molecule has 0 unspecified atom stereocenters. The van der Waals surface area contributed by atoms with Gasteiger partial charge >= 0.3 is 0 Å². The first kappa shape index (κ1) is 18.4. The van der Waals surface area contributed by atoms with Crippen molar-refractivity contribution in [2.45, 2.75) is 27.7 Å². The number of anilines is 2. The second-order valence-corrected chi connectivity index (χ2v) is 6.84. The molecule has 0 saturated heterocycles. The predicted octanol–water partition coefficient (Wildman–Crippen LogP) is 3.70. The van der Waals surface area contributed by atoms with E-state index in [2.05, 4.69) is 31.6 Å². The maximum absolute atomic E-state index is 8.99. The number of benzene rings is 1. The van der Waals surface area contributed by atoms with Gasteiger partial charge in [0.05, 0.1) is 40.1 Å². The van der Waals surface area contributed by atoms with Gasteiger partial charge in [0.25, 0.3) is 0 Å². The van der Waals surface area contributed by atoms with Gasteiger partial charge in [-0.15, -0.1) is 0 Å². The third kappa shape index (κ3) is 3.46. The summed E-state index contributed by atoms with van der Waals surface area (Å²) in [4.78, 5) is 8.69. The minimum atomic E-state index is 0.617. The molecule has 1 aromatic carbocycles. The van der Waals surface area contributed by atoms with Crippen LogP contribution in [0.3, 0.4) is 0 Å². The fraction of sp³-hybridized carbons (Fsp3) is 0.190. The number of hydrogen-bond donors (Lipinski definition) is 1. The maximum atomic E-state index is 8.99. The highest BCUT2D eigenvalue weighted by Gasteiger charge is 2.14. The molecule has 0 saturated carbocycles. The fourth-order valence-electron chi connectivity index (χ4n) is 3.27. The Labute approximate surface area is 168 Å². The van der Waals surface area contributed by atoms with E-state index >= 15 is 0 Å². The molecule has 0 aliphatic carbocycles. The molecule has 0 fully saturated rings. The molecule has 0 atom stereocenters. The number of aromatic nitrogens is 6. The highest BCUT2D eigenvalue weighted by atomic mass is 15.3. The van der Waals surface area contributed by atoms with Crippen LogP contribution in [-0.4, -0.2) is 29.5 Å². The second kappa shape index (κ2) is 7.20. The first-order chi connectivity index (χ1) is 14.0. The van der Waals surface area contributed by atoms with E-state index in [1.807, 2.05) is 56.6 Å². The molecule has 0 aliphatic rings. The van der Waals surface area contributed by atoms with Gasteiger partial charge in [0.2, 0.25) is 0 Å². The molecule has 0 aliphatic heterocycles. The van der Waals surface area contributed by atoms with Crippen LogP contribution in [0.25, 0.3) is 11.5 Å². The zero-order valence-electron chi connectivity index (χ0n) is 16.7. The van der Waals surface area contributed by atoms with E-state index in [-0.39, 0.29) is 0 Å². The van der Waals surface area contributed by atoms with E-state index < -0.39 is 0 Å². The van der Waals surface area contributed by atoms with Crippen molar-refractivity contribution in [3.05, 3.63) is 71.1 Å². The molecule has 0 radical (unpaired) electrons. The van der Waals surface area contributed by atoms with Crippen LogP contribution in [-0.2, 0) is 0 Å². The average Bonchev–Trinajstić information content (AvgIpc) is 3.21. The van der Waals surface area contributed by atoms with Gasteiger partial charge in [-0.2, -0.15) is 15.5 Å². The molecule has 0 bridgehead atoms. The van der Waals surface area contributed by atoms with Crippen LogP contribution < -0.4 is 5.32 Å². The van der Waals surface area contributed by atoms with E-state index in [0.717, 1.165) is 34.2 Å². The quantitative estimate of drug-likeness (QED) is 0.576. The molecular formula is C21H20N8. The lowest BCUT2D eigenvalue weighted by Crippen LogP contribution is -2.05. The van der Waals surface area contributed by atoms with Gasteiger partial charge in [-0.25, -0.2) is 19.3 Å². The summed E-state index contributed by atoms with van der Waals surface area (Å²) in [6.45, 7) is 7.88. The summed E-state index contributed by atoms with van der Waals surface area (Å²) in [6, 6.07) is 13.3. The van der Waals surface area contributed by atoms with Crippen molar-refractivity contribution >= 4 is 11.5 Å². The van der Waals surface area contributed by atoms with Gasteiger partial charge in [-0.1, -0.05) is 0 Å². The smallest absolute Gasteiger partial charge is 0.159 e. The molecule has 144 valence electrons. The fourth-order valence-corrected chi connectivity index (χ4v) is 3.27. The van der Waals surface area contributed by atoms with Crippen molar-refractivity contribution in [3.63, 3.8) is 0 Å². The Kier molecular flexibility index (Phi) is 4.56. The molecule has 4 rings (SSSR count). The van der Waals surface area contributed by atoms with E-state index in [0.29, 0.717) is 17.2 Å². The zero-order chi connectivity index (χ0) is 20.5. The largest absolute Gasteiger partial charge is 0.337 e. The van der Waals surface area contributed by atoms with Crippen LogP contribution in [0.1, 0.15) is 28.3 Å². The Morgan fingerprint density at radius 2 is 1.69 bits per heavy atom. The SMILES string of the molecule is Cc1cc(C)n(-c2cc(Nc3c(C)nn(-c4ccc(C#N)cc4)c3C)ncn2)n1. The third-order valence-corrected chi connectivity index (χ3v) is 4.66. The highest BCUT2D eigenvalue weighted by molar-refractivity contribution is 5.63. The minimum Gasteiger partial charge on any atom is -0.337 e. The summed E-state index contributed by atoms with van der Waals surface area (Å²) < 4.78 is 3.64. The Hall–Kier alpha value is -3.99. The molecule has 1 N–H and O–H groups in total. The minimum absolute atomic E-state index is 0.617. The lowest BCUT2D eigenvalue weighted by molar-refractivity contribution is 0.801. The van der Waals surface area contributed by atoms with Gasteiger partial charge in [-0.3, -0.25) is 0 Å². The van der Waals surface area contributed by atoms with Crippen LogP contribution in [0, 0.1) is 39.0 Å². The Bertz CT molecular complexity index is 1220. The van der Waals surface area contributed by atoms with Crippen LogP contribution in [0.2, 0.25) is 0 Å². The molecule has 3 heterocycles. The van der Waals surface area contributed by atoms with Gasteiger partial charge in [0, 0.05) is 11.8 Å². The van der Waals surface area contributed by atoms with Crippen LogP contribution in [0.15, 0.2) is 42.7 Å². The van der Waals surface area contributed by atoms with Crippen LogP contribution >= 0.6 is 0 Å². The predicted molar refractivity (Wildman–Crippen MR) is 110 cm³/mol. The Balaban J connectivity index is 1.67. The summed E-state index contributed by atoms with van der Waals surface area (Å²) in [6.07, 6.45) is 1.52. The zero-order valence-corrected chi connectivity index (χ0v) is 16.7. The molecule has 0 spiro atoms. The number of nitriles is 1. The average molecular weight is 384 g/mol. The first-order valence-corrected chi connectivity index (χ1v) is 9.15. The van der Waals surface area contributed by atoms with Crippen LogP contribution in [0.5, 0.6) is 0 Å². The van der Waals surface area contributed by atoms with Gasteiger partial charge in [0.1, 0.15) is 12.1 Å². The third-order valence-electron chi connectivity index (χ3n) is 4.66. The van der Waals surface area contributed by atoms with Crippen molar-refractivity contribution in [2.24, 2.45) is 0 Å². The van der Waals surface area contributed by atoms with E-state index in [4.69, 9.17) is 5.26 Å². The van der Waals surface area contributed by atoms with Crippen molar-refractivity contribution in [1.29, 1.82) is 5.26 Å². The topological polar surface area (TPSA) is 97.2 Å². The van der Waals surface area contributed by atoms with Crippen LogP contribution in [0.4, 0.5) is 11.5 Å². The van der Waals surface area contributed by atoms with E-state index in [9.17, 15) is 0 Å². The molecule has 8 nitrogen and oxygen atoms in total. The van der Waals surface area contributed by atoms with Crippen molar-refractivity contribution in [3.8, 4) is 17.6 Å². The standard InChI is InChI=1S/C21H20N8/c1-13-9-14(2)28(26-13)20-10-19(23-12-24-20)25-21-15(3)27-29(16(21)4)18-7-5-17(11-22)6-8-18/h5-10,12H,1-4H3,(H,23,24,25). The van der Waals surface area contributed by atoms with Crippen molar-refractivity contribution in [1.82, 2.24) is 29.5 Å². The Morgan fingerprint density at radius 3 is 2.34 bits per heavy atom. The molecular weight excluding hydrogens is 364 g/mol. The number of hydrogen-bond acceptors (Lipinski definition) is 6. The molecule has 8 heteroatoms. The lowest BCUT2D eigenvalue weighted by Gasteiger charge is -2.09.